The van der Waals surface area contributed by atoms with Crippen LogP contribution in [0.3, 0.4) is 0 Å². The zero-order valence-electron chi connectivity index (χ0n) is 17.5. The van der Waals surface area contributed by atoms with Gasteiger partial charge in [0.05, 0.1) is 5.70 Å². The number of amides is 2. The van der Waals surface area contributed by atoms with Crippen LogP contribution in [0.5, 0.6) is 0 Å². The van der Waals surface area contributed by atoms with E-state index in [0.29, 0.717) is 30.0 Å². The molecule has 3 rings (SSSR count). The topological polar surface area (TPSA) is 108 Å². The van der Waals surface area contributed by atoms with Gasteiger partial charge in [-0.25, -0.2) is 4.39 Å². The highest BCUT2D eigenvalue weighted by Crippen LogP contribution is 2.19. The highest BCUT2D eigenvalue weighted by molar-refractivity contribution is 5.95. The molecule has 0 unspecified atom stereocenters. The van der Waals surface area contributed by atoms with Crippen molar-refractivity contribution >= 4 is 17.5 Å². The average Bonchev–Trinajstić information content (AvgIpc) is 3.57. The lowest BCUT2D eigenvalue weighted by atomic mass is 10.1. The molecule has 0 aliphatic heterocycles. The fourth-order valence-corrected chi connectivity index (χ4v) is 2.96. The lowest BCUT2D eigenvalue weighted by molar-refractivity contribution is -0.117. The van der Waals surface area contributed by atoms with E-state index in [-0.39, 0.29) is 35.9 Å². The van der Waals surface area contributed by atoms with Crippen LogP contribution in [0, 0.1) is 5.82 Å². The number of nitrogens with two attached hydrogens (primary N) is 1. The summed E-state index contributed by atoms with van der Waals surface area (Å²) in [6.45, 7) is 3.10. The number of rotatable bonds is 10. The van der Waals surface area contributed by atoms with Crippen LogP contribution in [0.25, 0.3) is 0 Å². The molecule has 2 aromatic carbocycles. The van der Waals surface area contributed by atoms with Gasteiger partial charge in [-0.2, -0.15) is 0 Å². The van der Waals surface area contributed by atoms with E-state index in [1.807, 2.05) is 13.0 Å². The summed E-state index contributed by atoms with van der Waals surface area (Å²) >= 11 is 0. The van der Waals surface area contributed by atoms with Crippen molar-refractivity contribution in [3.8, 4) is 0 Å². The maximum Gasteiger partial charge on any atom is 0.269 e. The summed E-state index contributed by atoms with van der Waals surface area (Å²) in [6, 6.07) is 13.4. The summed E-state index contributed by atoms with van der Waals surface area (Å²) < 4.78 is 13.4. The zero-order chi connectivity index (χ0) is 22.2. The van der Waals surface area contributed by atoms with Crippen LogP contribution in [-0.2, 0) is 11.3 Å². The van der Waals surface area contributed by atoms with E-state index < -0.39 is 0 Å². The fourth-order valence-electron chi connectivity index (χ4n) is 2.96. The molecule has 7 nitrogen and oxygen atoms in total. The van der Waals surface area contributed by atoms with E-state index in [1.165, 1.54) is 12.1 Å². The minimum absolute atomic E-state index is 0.0893. The molecule has 0 radical (unpaired) electrons. The largest absolute Gasteiger partial charge is 0.393 e. The molecule has 1 saturated carbocycles. The molecule has 164 valence electrons. The van der Waals surface area contributed by atoms with Crippen molar-refractivity contribution in [1.29, 1.82) is 0 Å². The van der Waals surface area contributed by atoms with Crippen molar-refractivity contribution in [2.45, 2.75) is 32.4 Å². The average molecular weight is 426 g/mol. The Hall–Kier alpha value is -3.39. The molecule has 2 amide bonds. The van der Waals surface area contributed by atoms with Crippen LogP contribution in [-0.4, -0.2) is 30.9 Å². The number of hydrogen-bond acceptors (Lipinski definition) is 5. The van der Waals surface area contributed by atoms with Crippen molar-refractivity contribution in [3.63, 3.8) is 0 Å². The lowest BCUT2D eigenvalue weighted by Gasteiger charge is -2.16. The van der Waals surface area contributed by atoms with Crippen LogP contribution in [0.2, 0.25) is 0 Å². The van der Waals surface area contributed by atoms with Gasteiger partial charge in [0.25, 0.3) is 11.8 Å². The molecule has 1 aliphatic carbocycles. The Bertz CT molecular complexity index is 955. The van der Waals surface area contributed by atoms with Crippen molar-refractivity contribution in [2.75, 3.05) is 18.4 Å². The molecule has 1 aliphatic rings. The van der Waals surface area contributed by atoms with Crippen LogP contribution >= 0.6 is 0 Å². The van der Waals surface area contributed by atoms with E-state index in [2.05, 4.69) is 21.3 Å². The van der Waals surface area contributed by atoms with Gasteiger partial charge < -0.3 is 27.0 Å². The normalized spacial score (nSPS) is 13.9. The molecule has 6 N–H and O–H groups in total. The second-order valence-electron chi connectivity index (χ2n) is 7.44. The molecule has 2 aromatic rings. The van der Waals surface area contributed by atoms with Crippen molar-refractivity contribution in [1.82, 2.24) is 16.0 Å². The summed E-state index contributed by atoms with van der Waals surface area (Å²) in [6.07, 6.45) is 1.92. The number of benzene rings is 2. The summed E-state index contributed by atoms with van der Waals surface area (Å²) in [5.41, 5.74) is 8.76. The summed E-state index contributed by atoms with van der Waals surface area (Å²) in [4.78, 5) is 24.4. The first-order valence-electron chi connectivity index (χ1n) is 10.4. The van der Waals surface area contributed by atoms with Crippen molar-refractivity contribution in [2.24, 2.45) is 5.73 Å². The third kappa shape index (κ3) is 6.82. The Labute approximate surface area is 181 Å². The Morgan fingerprint density at radius 1 is 1.13 bits per heavy atom. The molecular formula is C23H28FN5O2. The highest BCUT2D eigenvalue weighted by Gasteiger charge is 2.25. The van der Waals surface area contributed by atoms with Crippen LogP contribution < -0.4 is 27.0 Å². The Kier molecular flexibility index (Phi) is 7.61. The molecule has 0 aromatic heterocycles. The van der Waals surface area contributed by atoms with Crippen molar-refractivity contribution < 1.29 is 14.0 Å². The molecule has 31 heavy (non-hydrogen) atoms. The quantitative estimate of drug-likeness (QED) is 0.375. The predicted octanol–water partition coefficient (Wildman–Crippen LogP) is 2.23. The van der Waals surface area contributed by atoms with Gasteiger partial charge in [-0.1, -0.05) is 12.1 Å². The van der Waals surface area contributed by atoms with Gasteiger partial charge in [0.2, 0.25) is 0 Å². The summed E-state index contributed by atoms with van der Waals surface area (Å²) in [5.74, 6) is -0.773. The van der Waals surface area contributed by atoms with Crippen LogP contribution in [0.15, 0.2) is 59.9 Å². The van der Waals surface area contributed by atoms with E-state index >= 15 is 0 Å². The molecule has 0 atom stereocenters. The van der Waals surface area contributed by atoms with Crippen molar-refractivity contribution in [3.05, 3.63) is 76.9 Å². The van der Waals surface area contributed by atoms with Gasteiger partial charge in [-0.3, -0.25) is 9.59 Å². The number of carbonyl (C=O) groups excluding carboxylic acids is 2. The van der Waals surface area contributed by atoms with E-state index in [0.717, 1.165) is 18.4 Å². The van der Waals surface area contributed by atoms with Crippen LogP contribution in [0.4, 0.5) is 10.1 Å². The molecule has 0 heterocycles. The number of hydrogen-bond donors (Lipinski definition) is 5. The predicted molar refractivity (Wildman–Crippen MR) is 119 cm³/mol. The summed E-state index contributed by atoms with van der Waals surface area (Å²) in [7, 11) is 0. The van der Waals surface area contributed by atoms with E-state index in [1.54, 1.807) is 30.3 Å². The number of halogens is 1. The number of nitrogens with one attached hydrogen (secondary N) is 4. The third-order valence-corrected chi connectivity index (χ3v) is 4.78. The smallest absolute Gasteiger partial charge is 0.269 e. The minimum atomic E-state index is -0.323. The van der Waals surface area contributed by atoms with Gasteiger partial charge in [0, 0.05) is 36.9 Å². The van der Waals surface area contributed by atoms with Gasteiger partial charge in [0.15, 0.2) is 0 Å². The molecule has 0 spiro atoms. The Balaban J connectivity index is 1.70. The second kappa shape index (κ2) is 10.6. The molecular weight excluding hydrogens is 397 g/mol. The molecule has 0 saturated heterocycles. The first-order valence-corrected chi connectivity index (χ1v) is 10.4. The van der Waals surface area contributed by atoms with Gasteiger partial charge in [-0.15, -0.1) is 0 Å². The maximum atomic E-state index is 13.4. The van der Waals surface area contributed by atoms with Gasteiger partial charge in [0.1, 0.15) is 11.5 Å². The number of carbonyl (C=O) groups is 2. The number of anilines is 1. The van der Waals surface area contributed by atoms with E-state index in [4.69, 9.17) is 5.73 Å². The first-order chi connectivity index (χ1) is 15.0. The van der Waals surface area contributed by atoms with E-state index in [9.17, 15) is 14.0 Å². The Morgan fingerprint density at radius 2 is 1.87 bits per heavy atom. The second-order valence-corrected chi connectivity index (χ2v) is 7.44. The maximum absolute atomic E-state index is 13.4. The van der Waals surface area contributed by atoms with Gasteiger partial charge >= 0.3 is 0 Å². The van der Waals surface area contributed by atoms with Gasteiger partial charge in [-0.05, 0) is 61.7 Å². The first kappa shape index (κ1) is 22.3. The fraction of sp³-hybridized carbons (Fsp3) is 0.304. The third-order valence-electron chi connectivity index (χ3n) is 4.78. The minimum Gasteiger partial charge on any atom is -0.393 e. The lowest BCUT2D eigenvalue weighted by Crippen LogP contribution is -2.34. The molecule has 0 bridgehead atoms. The standard InChI is InChI=1S/C23H28FN5O2/c1-2-27-22(30)16-6-8-18(9-7-16)28-20(21(25)23(31)29-19-10-11-19)14-26-13-15-4-3-5-17(24)12-15/h3-9,12,19,26,28H,2,10-11,13-14,25H2,1H3,(H,27,30)(H,29,31)/b21-20-. The SMILES string of the molecule is CCNC(=O)c1ccc(N/C(CNCc2cccc(F)c2)=C(\N)C(=O)NC2CC2)cc1. The monoisotopic (exact) mass is 425 g/mol. The Morgan fingerprint density at radius 3 is 2.52 bits per heavy atom. The zero-order valence-corrected chi connectivity index (χ0v) is 17.5. The molecule has 1 fully saturated rings. The summed E-state index contributed by atoms with van der Waals surface area (Å²) in [5, 5.41) is 12.0. The highest BCUT2D eigenvalue weighted by atomic mass is 19.1. The van der Waals surface area contributed by atoms with Crippen LogP contribution in [0.1, 0.15) is 35.7 Å². The molecule has 8 heteroatoms.